The van der Waals surface area contributed by atoms with Gasteiger partial charge in [0, 0.05) is 11.8 Å². The predicted molar refractivity (Wildman–Crippen MR) is 55.0 cm³/mol. The van der Waals surface area contributed by atoms with Gasteiger partial charge in [0.2, 0.25) is 0 Å². The minimum atomic E-state index is -0.354. The third-order valence-electron chi connectivity index (χ3n) is 1.74. The zero-order chi connectivity index (χ0) is 10.6. The lowest BCUT2D eigenvalue weighted by atomic mass is 10.4. The fourth-order valence-electron chi connectivity index (χ4n) is 1.19. The Morgan fingerprint density at radius 3 is 2.71 bits per heavy atom. The lowest BCUT2D eigenvalue weighted by Crippen LogP contribution is -2.11. The summed E-state index contributed by atoms with van der Waals surface area (Å²) in [6.45, 7) is 4.07. The molecule has 4 nitrogen and oxygen atoms in total. The minimum Gasteiger partial charge on any atom is -0.324 e. The van der Waals surface area contributed by atoms with Crippen molar-refractivity contribution >= 4 is 11.8 Å². The number of hydrogen-bond acceptors (Lipinski definition) is 4. The lowest BCUT2D eigenvalue weighted by Gasteiger charge is -2.12. The molecule has 0 aliphatic carbocycles. The van der Waals surface area contributed by atoms with Crippen LogP contribution in [-0.2, 0) is 6.54 Å². The highest BCUT2D eigenvalue weighted by molar-refractivity contribution is 7.99. The van der Waals surface area contributed by atoms with Crippen molar-refractivity contribution in [2.75, 3.05) is 12.4 Å². The number of aromatic nitrogens is 3. The number of nitrogens with two attached hydrogens (primary N) is 1. The number of halogens is 1. The van der Waals surface area contributed by atoms with Gasteiger partial charge in [0.05, 0.1) is 13.2 Å². The molecule has 0 amide bonds. The third kappa shape index (κ3) is 2.45. The molecule has 0 unspecified atom stereocenters. The molecule has 1 aromatic rings. The Bertz CT molecular complexity index is 287. The Hall–Kier alpha value is -0.620. The molecule has 0 bridgehead atoms. The van der Waals surface area contributed by atoms with Crippen molar-refractivity contribution in [2.24, 2.45) is 5.73 Å². The fraction of sp³-hybridized carbons (Fsp3) is 0.750. The van der Waals surface area contributed by atoms with Crippen molar-refractivity contribution in [1.29, 1.82) is 0 Å². The summed E-state index contributed by atoms with van der Waals surface area (Å²) in [6, 6.07) is 0.255. The summed E-state index contributed by atoms with van der Waals surface area (Å²) in [4.78, 5) is 0. The van der Waals surface area contributed by atoms with Gasteiger partial charge in [0.1, 0.15) is 5.82 Å². The lowest BCUT2D eigenvalue weighted by molar-refractivity contribution is 0.519. The van der Waals surface area contributed by atoms with Gasteiger partial charge in [0.15, 0.2) is 5.16 Å². The maximum absolute atomic E-state index is 12.0. The van der Waals surface area contributed by atoms with E-state index in [1.165, 1.54) is 11.8 Å². The number of thioether (sulfide) groups is 1. The van der Waals surface area contributed by atoms with E-state index < -0.39 is 0 Å². The maximum atomic E-state index is 12.0. The Labute approximate surface area is 87.1 Å². The molecular formula is C8H15FN4S. The molecule has 0 atom stereocenters. The molecule has 0 saturated heterocycles. The van der Waals surface area contributed by atoms with Crippen LogP contribution in [0.15, 0.2) is 5.16 Å². The second kappa shape index (κ2) is 5.31. The van der Waals surface area contributed by atoms with Gasteiger partial charge >= 0.3 is 0 Å². The van der Waals surface area contributed by atoms with Crippen LogP contribution in [0, 0.1) is 0 Å². The molecule has 0 spiro atoms. The molecule has 2 N–H and O–H groups in total. The van der Waals surface area contributed by atoms with Crippen LogP contribution in [0.1, 0.15) is 25.7 Å². The first kappa shape index (κ1) is 11.5. The van der Waals surface area contributed by atoms with Crippen LogP contribution in [-0.4, -0.2) is 27.2 Å². The van der Waals surface area contributed by atoms with Crippen molar-refractivity contribution in [1.82, 2.24) is 14.8 Å². The fourth-order valence-corrected chi connectivity index (χ4v) is 2.01. The highest BCUT2D eigenvalue weighted by atomic mass is 32.2. The summed E-state index contributed by atoms with van der Waals surface area (Å²) in [6.07, 6.45) is 0. The molecule has 6 heteroatoms. The van der Waals surface area contributed by atoms with E-state index in [9.17, 15) is 4.39 Å². The predicted octanol–water partition coefficient (Wildman–Crippen LogP) is 1.38. The summed E-state index contributed by atoms with van der Waals surface area (Å²) in [5.41, 5.74) is 5.52. The molecule has 0 fully saturated rings. The number of nitrogens with zero attached hydrogens (tertiary/aromatic N) is 3. The monoisotopic (exact) mass is 218 g/mol. The Morgan fingerprint density at radius 2 is 2.21 bits per heavy atom. The van der Waals surface area contributed by atoms with Crippen molar-refractivity contribution in [3.05, 3.63) is 5.82 Å². The molecule has 80 valence electrons. The number of hydrogen-bond donors (Lipinski definition) is 1. The molecule has 1 heterocycles. The topological polar surface area (TPSA) is 56.7 Å². The highest BCUT2D eigenvalue weighted by Gasteiger charge is 2.13. The molecule has 14 heavy (non-hydrogen) atoms. The second-order valence-corrected chi connectivity index (χ2v) is 4.17. The van der Waals surface area contributed by atoms with Crippen molar-refractivity contribution in [3.8, 4) is 0 Å². The van der Waals surface area contributed by atoms with Gasteiger partial charge in [0.25, 0.3) is 0 Å². The quantitative estimate of drug-likeness (QED) is 0.759. The largest absolute Gasteiger partial charge is 0.324 e. The first-order chi connectivity index (χ1) is 6.70. The van der Waals surface area contributed by atoms with Crippen LogP contribution in [0.25, 0.3) is 0 Å². The van der Waals surface area contributed by atoms with Crippen molar-refractivity contribution in [2.45, 2.75) is 31.6 Å². The van der Waals surface area contributed by atoms with Gasteiger partial charge in [-0.2, -0.15) is 0 Å². The van der Waals surface area contributed by atoms with E-state index >= 15 is 0 Å². The van der Waals surface area contributed by atoms with E-state index in [0.717, 1.165) is 11.0 Å². The normalized spacial score (nSPS) is 11.2. The second-order valence-electron chi connectivity index (χ2n) is 3.10. The number of rotatable bonds is 5. The Balaban J connectivity index is 2.87. The van der Waals surface area contributed by atoms with Crippen LogP contribution in [0.4, 0.5) is 4.39 Å². The van der Waals surface area contributed by atoms with E-state index in [1.54, 1.807) is 0 Å². The van der Waals surface area contributed by atoms with Gasteiger partial charge in [-0.3, -0.25) is 4.39 Å². The van der Waals surface area contributed by atoms with Crippen LogP contribution in [0.2, 0.25) is 0 Å². The van der Waals surface area contributed by atoms with E-state index in [-0.39, 0.29) is 12.7 Å². The summed E-state index contributed by atoms with van der Waals surface area (Å²) >= 11 is 1.37. The first-order valence-corrected chi connectivity index (χ1v) is 5.51. The molecule has 0 radical (unpaired) electrons. The van der Waals surface area contributed by atoms with Crippen LogP contribution in [0.5, 0.6) is 0 Å². The van der Waals surface area contributed by atoms with Gasteiger partial charge in [-0.1, -0.05) is 11.8 Å². The SMILES string of the molecule is CC(C)n1c(CN)nnc1SCCF. The summed E-state index contributed by atoms with van der Waals surface area (Å²) in [5.74, 6) is 1.16. The highest BCUT2D eigenvalue weighted by Crippen LogP contribution is 2.20. The van der Waals surface area contributed by atoms with E-state index in [4.69, 9.17) is 5.73 Å². The number of alkyl halides is 1. The van der Waals surface area contributed by atoms with Gasteiger partial charge in [-0.15, -0.1) is 10.2 Å². The van der Waals surface area contributed by atoms with Crippen molar-refractivity contribution in [3.63, 3.8) is 0 Å². The Morgan fingerprint density at radius 1 is 1.50 bits per heavy atom. The molecule has 0 aromatic carbocycles. The molecule has 1 aromatic heterocycles. The molecule has 0 saturated carbocycles. The third-order valence-corrected chi connectivity index (χ3v) is 2.64. The average molecular weight is 218 g/mol. The summed E-state index contributed by atoms with van der Waals surface area (Å²) in [5, 5.41) is 8.68. The summed E-state index contributed by atoms with van der Waals surface area (Å²) in [7, 11) is 0. The molecule has 1 rings (SSSR count). The zero-order valence-corrected chi connectivity index (χ0v) is 9.22. The van der Waals surface area contributed by atoms with Crippen LogP contribution in [0.3, 0.4) is 0 Å². The Kier molecular flexibility index (Phi) is 4.34. The van der Waals surface area contributed by atoms with Crippen LogP contribution < -0.4 is 5.73 Å². The molecule has 0 aliphatic heterocycles. The van der Waals surface area contributed by atoms with Crippen molar-refractivity contribution < 1.29 is 4.39 Å². The summed E-state index contributed by atoms with van der Waals surface area (Å²) < 4.78 is 13.9. The average Bonchev–Trinajstić information content (AvgIpc) is 2.57. The standard InChI is InChI=1S/C8H15FN4S/c1-6(2)13-7(5-10)11-12-8(13)14-4-3-9/h6H,3-5,10H2,1-2H3. The van der Waals surface area contributed by atoms with E-state index in [0.29, 0.717) is 12.3 Å². The maximum Gasteiger partial charge on any atom is 0.191 e. The molecule has 0 aliphatic rings. The smallest absolute Gasteiger partial charge is 0.191 e. The van der Waals surface area contributed by atoms with Gasteiger partial charge in [-0.25, -0.2) is 0 Å². The van der Waals surface area contributed by atoms with E-state index in [2.05, 4.69) is 10.2 Å². The van der Waals surface area contributed by atoms with Gasteiger partial charge in [-0.05, 0) is 13.8 Å². The first-order valence-electron chi connectivity index (χ1n) is 4.53. The van der Waals surface area contributed by atoms with Crippen LogP contribution >= 0.6 is 11.8 Å². The zero-order valence-electron chi connectivity index (χ0n) is 8.40. The van der Waals surface area contributed by atoms with E-state index in [1.807, 2.05) is 18.4 Å². The minimum absolute atomic E-state index is 0.255. The molecular weight excluding hydrogens is 203 g/mol. The van der Waals surface area contributed by atoms with Gasteiger partial charge < -0.3 is 10.3 Å².